The summed E-state index contributed by atoms with van der Waals surface area (Å²) >= 11 is 5.94. The summed E-state index contributed by atoms with van der Waals surface area (Å²) in [7, 11) is 0. The van der Waals surface area contributed by atoms with Gasteiger partial charge in [-0.3, -0.25) is 4.79 Å². The van der Waals surface area contributed by atoms with E-state index in [1.54, 1.807) is 57.2 Å². The number of halogens is 1. The molecular formula is C24H28ClNO5. The van der Waals surface area contributed by atoms with E-state index in [0.717, 1.165) is 12.8 Å². The Labute approximate surface area is 187 Å². The van der Waals surface area contributed by atoms with Gasteiger partial charge in [-0.15, -0.1) is 0 Å². The Balaban J connectivity index is 1.77. The summed E-state index contributed by atoms with van der Waals surface area (Å²) in [4.78, 5) is 24.8. The number of nitrogens with one attached hydrogen (secondary N) is 1. The van der Waals surface area contributed by atoms with Gasteiger partial charge in [-0.2, -0.15) is 0 Å². The molecule has 0 heterocycles. The summed E-state index contributed by atoms with van der Waals surface area (Å²) in [5.74, 6) is -0.652. The molecule has 0 spiro atoms. The number of carbonyl (C=O) groups excluding carboxylic acids is 2. The number of aliphatic hydroxyl groups excluding tert-OH is 1. The average molecular weight is 446 g/mol. The monoisotopic (exact) mass is 445 g/mol. The van der Waals surface area contributed by atoms with E-state index in [4.69, 9.17) is 21.1 Å². The Kier molecular flexibility index (Phi) is 7.36. The lowest BCUT2D eigenvalue weighted by atomic mass is 9.97. The maximum absolute atomic E-state index is 12.4. The van der Waals surface area contributed by atoms with Crippen molar-refractivity contribution < 1.29 is 24.2 Å². The third kappa shape index (κ3) is 6.79. The second-order valence-corrected chi connectivity index (χ2v) is 9.23. The zero-order valence-corrected chi connectivity index (χ0v) is 18.7. The van der Waals surface area contributed by atoms with Crippen molar-refractivity contribution in [3.63, 3.8) is 0 Å². The molecular weight excluding hydrogens is 418 g/mol. The SMILES string of the molecule is CC(C)(C)C(=O)Oc1ccc(C(O)CNC2CC2)cc1COC(=O)c1cccc(Cl)c1. The highest BCUT2D eigenvalue weighted by atomic mass is 35.5. The smallest absolute Gasteiger partial charge is 0.338 e. The van der Waals surface area contributed by atoms with Crippen molar-refractivity contribution in [1.29, 1.82) is 0 Å². The number of ether oxygens (including phenoxy) is 2. The number of hydrogen-bond donors (Lipinski definition) is 2. The van der Waals surface area contributed by atoms with Crippen LogP contribution in [0.25, 0.3) is 0 Å². The van der Waals surface area contributed by atoms with Crippen molar-refractivity contribution in [3.05, 3.63) is 64.2 Å². The number of aliphatic hydroxyl groups is 1. The Morgan fingerprint density at radius 3 is 2.58 bits per heavy atom. The first-order valence-corrected chi connectivity index (χ1v) is 10.7. The van der Waals surface area contributed by atoms with Gasteiger partial charge in [-0.25, -0.2) is 4.79 Å². The summed E-state index contributed by atoms with van der Waals surface area (Å²) in [6.07, 6.45) is 1.52. The van der Waals surface area contributed by atoms with Crippen molar-refractivity contribution in [2.24, 2.45) is 5.41 Å². The summed E-state index contributed by atoms with van der Waals surface area (Å²) in [6, 6.07) is 12.0. The van der Waals surface area contributed by atoms with Gasteiger partial charge in [0.1, 0.15) is 12.4 Å². The standard InChI is InChI=1S/C24H28ClNO5/c1-24(2,3)23(29)31-21-10-7-15(20(27)13-26-19-8-9-19)11-17(21)14-30-22(28)16-5-4-6-18(25)12-16/h4-7,10-12,19-20,26-27H,8-9,13-14H2,1-3H3. The first-order valence-electron chi connectivity index (χ1n) is 10.3. The Morgan fingerprint density at radius 1 is 1.19 bits per heavy atom. The van der Waals surface area contributed by atoms with Crippen molar-refractivity contribution in [2.45, 2.75) is 52.4 Å². The molecule has 31 heavy (non-hydrogen) atoms. The van der Waals surface area contributed by atoms with Crippen LogP contribution >= 0.6 is 11.6 Å². The zero-order valence-electron chi connectivity index (χ0n) is 18.0. The molecule has 1 unspecified atom stereocenters. The molecule has 6 nitrogen and oxygen atoms in total. The highest BCUT2D eigenvalue weighted by Crippen LogP contribution is 2.28. The van der Waals surface area contributed by atoms with E-state index in [2.05, 4.69) is 5.32 Å². The molecule has 1 saturated carbocycles. The van der Waals surface area contributed by atoms with E-state index in [1.807, 2.05) is 0 Å². The molecule has 0 saturated heterocycles. The van der Waals surface area contributed by atoms with Crippen LogP contribution in [0, 0.1) is 5.41 Å². The van der Waals surface area contributed by atoms with Gasteiger partial charge in [0.15, 0.2) is 0 Å². The van der Waals surface area contributed by atoms with Crippen LogP contribution in [-0.4, -0.2) is 29.6 Å². The van der Waals surface area contributed by atoms with Gasteiger partial charge < -0.3 is 19.9 Å². The summed E-state index contributed by atoms with van der Waals surface area (Å²) in [5.41, 5.74) is 0.778. The van der Waals surface area contributed by atoms with E-state index in [1.165, 1.54) is 6.07 Å². The van der Waals surface area contributed by atoms with Crippen LogP contribution in [-0.2, 0) is 16.1 Å². The van der Waals surface area contributed by atoms with Crippen molar-refractivity contribution in [2.75, 3.05) is 6.54 Å². The molecule has 2 aromatic rings. The number of hydrogen-bond acceptors (Lipinski definition) is 6. The minimum Gasteiger partial charge on any atom is -0.457 e. The second-order valence-electron chi connectivity index (χ2n) is 8.79. The van der Waals surface area contributed by atoms with Crippen LogP contribution < -0.4 is 10.1 Å². The lowest BCUT2D eigenvalue weighted by molar-refractivity contribution is -0.143. The predicted molar refractivity (Wildman–Crippen MR) is 118 cm³/mol. The molecule has 3 rings (SSSR count). The van der Waals surface area contributed by atoms with E-state index in [0.29, 0.717) is 40.0 Å². The second kappa shape index (κ2) is 9.81. The van der Waals surface area contributed by atoms with Crippen molar-refractivity contribution in [3.8, 4) is 5.75 Å². The van der Waals surface area contributed by atoms with Gasteiger partial charge >= 0.3 is 11.9 Å². The lowest BCUT2D eigenvalue weighted by Crippen LogP contribution is -2.26. The minimum atomic E-state index is -0.727. The number of esters is 2. The molecule has 1 aliphatic carbocycles. The van der Waals surface area contributed by atoms with Crippen LogP contribution in [0.1, 0.15) is 61.2 Å². The van der Waals surface area contributed by atoms with Crippen molar-refractivity contribution >= 4 is 23.5 Å². The van der Waals surface area contributed by atoms with Gasteiger partial charge in [0.25, 0.3) is 0 Å². The fourth-order valence-electron chi connectivity index (χ4n) is 2.80. The molecule has 166 valence electrons. The first kappa shape index (κ1) is 23.3. The Hall–Kier alpha value is -2.41. The van der Waals surface area contributed by atoms with Gasteiger partial charge in [0.2, 0.25) is 0 Å². The van der Waals surface area contributed by atoms with Crippen LogP contribution in [0.4, 0.5) is 0 Å². The highest BCUT2D eigenvalue weighted by molar-refractivity contribution is 6.30. The molecule has 0 aliphatic heterocycles. The topological polar surface area (TPSA) is 84.9 Å². The molecule has 0 amide bonds. The number of carbonyl (C=O) groups is 2. The van der Waals surface area contributed by atoms with E-state index in [-0.39, 0.29) is 6.61 Å². The molecule has 2 N–H and O–H groups in total. The van der Waals surface area contributed by atoms with Crippen LogP contribution in [0.15, 0.2) is 42.5 Å². The van der Waals surface area contributed by atoms with E-state index < -0.39 is 23.5 Å². The molecule has 1 aliphatic rings. The van der Waals surface area contributed by atoms with Crippen LogP contribution in [0.5, 0.6) is 5.75 Å². The lowest BCUT2D eigenvalue weighted by Gasteiger charge is -2.20. The molecule has 0 bridgehead atoms. The quantitative estimate of drug-likeness (QED) is 0.461. The van der Waals surface area contributed by atoms with E-state index in [9.17, 15) is 14.7 Å². The molecule has 0 radical (unpaired) electrons. The highest BCUT2D eigenvalue weighted by Gasteiger charge is 2.26. The molecule has 7 heteroatoms. The Morgan fingerprint density at radius 2 is 1.94 bits per heavy atom. The summed E-state index contributed by atoms with van der Waals surface area (Å²) in [6.45, 7) is 5.59. The minimum absolute atomic E-state index is 0.116. The Bertz CT molecular complexity index is 949. The van der Waals surface area contributed by atoms with Gasteiger partial charge in [-0.1, -0.05) is 23.7 Å². The third-order valence-electron chi connectivity index (χ3n) is 4.88. The van der Waals surface area contributed by atoms with Crippen LogP contribution in [0.2, 0.25) is 5.02 Å². The number of benzene rings is 2. The molecule has 1 fully saturated rings. The maximum atomic E-state index is 12.4. The molecule has 0 aromatic heterocycles. The first-order chi connectivity index (χ1) is 14.6. The molecule has 2 aromatic carbocycles. The zero-order chi connectivity index (χ0) is 22.6. The fraction of sp³-hybridized carbons (Fsp3) is 0.417. The van der Waals surface area contributed by atoms with Gasteiger partial charge in [-0.05, 0) is 69.5 Å². The summed E-state index contributed by atoms with van der Waals surface area (Å²) in [5, 5.41) is 14.2. The number of rotatable bonds is 8. The predicted octanol–water partition coefficient (Wildman–Crippen LogP) is 4.43. The third-order valence-corrected chi connectivity index (χ3v) is 5.12. The van der Waals surface area contributed by atoms with E-state index >= 15 is 0 Å². The summed E-state index contributed by atoms with van der Waals surface area (Å²) < 4.78 is 11.0. The largest absolute Gasteiger partial charge is 0.457 e. The average Bonchev–Trinajstić information content (AvgIpc) is 3.54. The maximum Gasteiger partial charge on any atom is 0.338 e. The fourth-order valence-corrected chi connectivity index (χ4v) is 2.99. The van der Waals surface area contributed by atoms with Crippen LogP contribution in [0.3, 0.4) is 0 Å². The van der Waals surface area contributed by atoms with Crippen molar-refractivity contribution in [1.82, 2.24) is 5.32 Å². The molecule has 1 atom stereocenters. The normalized spacial score (nSPS) is 14.7. The van der Waals surface area contributed by atoms with Gasteiger partial charge in [0, 0.05) is 23.2 Å². The van der Waals surface area contributed by atoms with Gasteiger partial charge in [0.05, 0.1) is 17.1 Å².